The molecule has 2 atom stereocenters. The molecule has 0 saturated carbocycles. The summed E-state index contributed by atoms with van der Waals surface area (Å²) in [5.74, 6) is 1.49. The molecule has 0 aliphatic carbocycles. The van der Waals surface area contributed by atoms with Crippen molar-refractivity contribution in [2.45, 2.75) is 64.1 Å². The average Bonchev–Trinajstić information content (AvgIpc) is 2.80. The second-order valence-corrected chi connectivity index (χ2v) is 11.1. The van der Waals surface area contributed by atoms with Crippen LogP contribution in [-0.2, 0) is 5.54 Å². The molecule has 1 aromatic carbocycles. The van der Waals surface area contributed by atoms with Crippen LogP contribution in [0.3, 0.4) is 0 Å². The molecule has 8 heteroatoms. The lowest BCUT2D eigenvalue weighted by Crippen LogP contribution is -2.60. The van der Waals surface area contributed by atoms with E-state index in [0.29, 0.717) is 12.0 Å². The van der Waals surface area contributed by atoms with Crippen molar-refractivity contribution in [2.24, 2.45) is 17.6 Å². The SMILES string of the molecule is C=C(C)c1cccc(C(C)(C)NC(=O)N[C@@H]2CN3CCC2CC3)c1.Cl.Cl.N[C@@H]1CN2CCC1CC2. The second kappa shape index (κ2) is 12.8. The molecule has 35 heavy (non-hydrogen) atoms. The third-order valence-corrected chi connectivity index (χ3v) is 8.18. The highest BCUT2D eigenvalue weighted by molar-refractivity contribution is 5.85. The number of hydrogen-bond donors (Lipinski definition) is 3. The van der Waals surface area contributed by atoms with Crippen molar-refractivity contribution >= 4 is 36.4 Å². The number of nitrogens with one attached hydrogen (secondary N) is 2. The van der Waals surface area contributed by atoms with Crippen LogP contribution in [0.1, 0.15) is 57.6 Å². The molecule has 0 radical (unpaired) electrons. The normalized spacial score (nSPS) is 30.6. The van der Waals surface area contributed by atoms with E-state index in [1.807, 2.05) is 26.8 Å². The van der Waals surface area contributed by atoms with E-state index in [1.165, 1.54) is 51.9 Å². The van der Waals surface area contributed by atoms with E-state index in [9.17, 15) is 4.79 Å². The largest absolute Gasteiger partial charge is 0.334 e. The maximum absolute atomic E-state index is 12.5. The molecule has 198 valence electrons. The Bertz CT molecular complexity index is 848. The maximum atomic E-state index is 12.5. The van der Waals surface area contributed by atoms with Gasteiger partial charge in [-0.2, -0.15) is 0 Å². The molecule has 6 aliphatic rings. The van der Waals surface area contributed by atoms with Crippen LogP contribution in [0, 0.1) is 11.8 Å². The molecule has 6 saturated heterocycles. The fraction of sp³-hybridized carbons (Fsp3) is 0.667. The number of hydrogen-bond acceptors (Lipinski definition) is 4. The number of allylic oxidation sites excluding steroid dienone is 1. The van der Waals surface area contributed by atoms with Gasteiger partial charge in [0.05, 0.1) is 5.54 Å². The average molecular weight is 527 g/mol. The van der Waals surface area contributed by atoms with Crippen LogP contribution < -0.4 is 16.4 Å². The quantitative estimate of drug-likeness (QED) is 0.549. The van der Waals surface area contributed by atoms with E-state index in [1.54, 1.807) is 0 Å². The lowest BCUT2D eigenvalue weighted by molar-refractivity contribution is 0.0760. The van der Waals surface area contributed by atoms with E-state index in [0.717, 1.165) is 35.7 Å². The number of carbonyl (C=O) groups is 1. The van der Waals surface area contributed by atoms with Crippen LogP contribution in [0.4, 0.5) is 4.79 Å². The number of amides is 2. The maximum Gasteiger partial charge on any atom is 0.315 e. The molecule has 4 N–H and O–H groups in total. The van der Waals surface area contributed by atoms with E-state index in [-0.39, 0.29) is 36.9 Å². The Hall–Kier alpha value is -1.31. The van der Waals surface area contributed by atoms with E-state index < -0.39 is 5.54 Å². The number of fused-ring (bicyclic) bond motifs is 6. The predicted molar refractivity (Wildman–Crippen MR) is 150 cm³/mol. The first kappa shape index (κ1) is 29.9. The predicted octanol–water partition coefficient (Wildman–Crippen LogP) is 4.23. The summed E-state index contributed by atoms with van der Waals surface area (Å²) in [6, 6.07) is 8.94. The van der Waals surface area contributed by atoms with Gasteiger partial charge in [0.25, 0.3) is 0 Å². The van der Waals surface area contributed by atoms with E-state index in [4.69, 9.17) is 5.73 Å². The number of benzene rings is 1. The first-order valence-corrected chi connectivity index (χ1v) is 12.8. The summed E-state index contributed by atoms with van der Waals surface area (Å²) in [7, 11) is 0. The Kier molecular flexibility index (Phi) is 10.9. The lowest BCUT2D eigenvalue weighted by Gasteiger charge is -2.45. The molecule has 7 rings (SSSR count). The number of halogens is 2. The Morgan fingerprint density at radius 1 is 1.00 bits per heavy atom. The topological polar surface area (TPSA) is 73.6 Å². The van der Waals surface area contributed by atoms with Gasteiger partial charge in [0.15, 0.2) is 0 Å². The molecule has 6 heterocycles. The molecule has 6 aliphatic heterocycles. The standard InChI is InChI=1S/C20H29N3O.C7H14N2.2ClH/c1-14(2)16-6-5-7-17(12-16)20(3,4)22-19(24)21-18-13-23-10-8-15(18)9-11-23;8-7-5-9-3-1-6(7)2-4-9;;/h5-7,12,15,18H,1,8-11,13H2,2-4H3,(H2,21,22,24);6-7H,1-5,8H2;2*1H/t18-;7-;;/m11../s1. The van der Waals surface area contributed by atoms with Gasteiger partial charge in [-0.05, 0) is 102 Å². The fourth-order valence-corrected chi connectivity index (χ4v) is 5.87. The smallest absolute Gasteiger partial charge is 0.315 e. The minimum absolute atomic E-state index is 0. The van der Waals surface area contributed by atoms with Gasteiger partial charge in [-0.15, -0.1) is 24.8 Å². The third kappa shape index (κ3) is 7.59. The number of nitrogens with two attached hydrogens (primary N) is 1. The summed E-state index contributed by atoms with van der Waals surface area (Å²) < 4.78 is 0. The molecule has 6 fully saturated rings. The number of urea groups is 1. The minimum atomic E-state index is -0.427. The van der Waals surface area contributed by atoms with Gasteiger partial charge >= 0.3 is 6.03 Å². The molecule has 2 amide bonds. The Labute approximate surface area is 224 Å². The molecule has 1 aromatic rings. The molecular formula is C27H45Cl2N5O. The highest BCUT2D eigenvalue weighted by Crippen LogP contribution is 2.28. The third-order valence-electron chi connectivity index (χ3n) is 8.18. The van der Waals surface area contributed by atoms with Crippen molar-refractivity contribution in [3.8, 4) is 0 Å². The van der Waals surface area contributed by atoms with E-state index >= 15 is 0 Å². The number of piperidine rings is 6. The van der Waals surface area contributed by atoms with Gasteiger partial charge in [-0.3, -0.25) is 0 Å². The first-order valence-electron chi connectivity index (χ1n) is 12.8. The van der Waals surface area contributed by atoms with Crippen molar-refractivity contribution in [1.29, 1.82) is 0 Å². The van der Waals surface area contributed by atoms with Gasteiger partial charge in [-0.25, -0.2) is 4.79 Å². The van der Waals surface area contributed by atoms with Crippen LogP contribution in [0.5, 0.6) is 0 Å². The molecule has 6 nitrogen and oxygen atoms in total. The molecule has 0 unspecified atom stereocenters. The zero-order valence-electron chi connectivity index (χ0n) is 21.6. The summed E-state index contributed by atoms with van der Waals surface area (Å²) in [4.78, 5) is 17.5. The monoisotopic (exact) mass is 525 g/mol. The summed E-state index contributed by atoms with van der Waals surface area (Å²) >= 11 is 0. The van der Waals surface area contributed by atoms with Crippen molar-refractivity contribution in [3.05, 3.63) is 42.0 Å². The van der Waals surface area contributed by atoms with Gasteiger partial charge in [-0.1, -0.05) is 30.4 Å². The van der Waals surface area contributed by atoms with Crippen LogP contribution in [0.25, 0.3) is 5.57 Å². The molecular weight excluding hydrogens is 481 g/mol. The number of rotatable bonds is 4. The number of carbonyl (C=O) groups excluding carboxylic acids is 1. The molecule has 0 spiro atoms. The van der Waals surface area contributed by atoms with Crippen LogP contribution in [-0.4, -0.2) is 67.2 Å². The first-order chi connectivity index (χ1) is 15.7. The van der Waals surface area contributed by atoms with Gasteiger partial charge in [0, 0.05) is 25.2 Å². The van der Waals surface area contributed by atoms with Crippen LogP contribution >= 0.6 is 24.8 Å². The van der Waals surface area contributed by atoms with Crippen LogP contribution in [0.15, 0.2) is 30.8 Å². The summed E-state index contributed by atoms with van der Waals surface area (Å²) in [5.41, 5.74) is 8.68. The highest BCUT2D eigenvalue weighted by atomic mass is 35.5. The van der Waals surface area contributed by atoms with Crippen molar-refractivity contribution in [1.82, 2.24) is 20.4 Å². The van der Waals surface area contributed by atoms with Gasteiger partial charge < -0.3 is 26.2 Å². The summed E-state index contributed by atoms with van der Waals surface area (Å²) in [5, 5.41) is 6.35. The Balaban J connectivity index is 0.000000330. The molecule has 0 aromatic heterocycles. The second-order valence-electron chi connectivity index (χ2n) is 11.1. The van der Waals surface area contributed by atoms with Gasteiger partial charge in [0.2, 0.25) is 0 Å². The summed E-state index contributed by atoms with van der Waals surface area (Å²) in [6.45, 7) is 17.2. The molecule has 4 bridgehead atoms. The minimum Gasteiger partial charge on any atom is -0.334 e. The van der Waals surface area contributed by atoms with Crippen LogP contribution in [0.2, 0.25) is 0 Å². The highest BCUT2D eigenvalue weighted by Gasteiger charge is 2.35. The zero-order valence-corrected chi connectivity index (χ0v) is 23.2. The van der Waals surface area contributed by atoms with Crippen molar-refractivity contribution in [2.75, 3.05) is 39.3 Å². The zero-order chi connectivity index (χ0) is 23.6. The fourth-order valence-electron chi connectivity index (χ4n) is 5.87. The lowest BCUT2D eigenvalue weighted by atomic mass is 9.84. The number of nitrogens with zero attached hydrogens (tertiary/aromatic N) is 2. The summed E-state index contributed by atoms with van der Waals surface area (Å²) in [6.07, 6.45) is 5.10. The Morgan fingerprint density at radius 3 is 2.00 bits per heavy atom. The van der Waals surface area contributed by atoms with Crippen molar-refractivity contribution < 1.29 is 4.79 Å². The van der Waals surface area contributed by atoms with E-state index in [2.05, 4.69) is 45.2 Å². The van der Waals surface area contributed by atoms with Crippen molar-refractivity contribution in [3.63, 3.8) is 0 Å². The van der Waals surface area contributed by atoms with Gasteiger partial charge in [0.1, 0.15) is 0 Å². The Morgan fingerprint density at radius 2 is 1.57 bits per heavy atom.